The summed E-state index contributed by atoms with van der Waals surface area (Å²) in [6.07, 6.45) is -0.835. The number of hydrogen-bond acceptors (Lipinski definition) is 3. The predicted molar refractivity (Wildman–Crippen MR) is 90.3 cm³/mol. The normalized spacial score (nSPS) is 16.7. The topological polar surface area (TPSA) is 66.8 Å². The Morgan fingerprint density at radius 1 is 1.17 bits per heavy atom. The zero-order valence-electron chi connectivity index (χ0n) is 13.6. The number of carboxylic acid groups (broad SMARTS) is 1. The molecule has 2 aromatic carbocycles. The highest BCUT2D eigenvalue weighted by Crippen LogP contribution is 2.43. The second kappa shape index (κ2) is 6.35. The maximum Gasteiger partial charge on any atom is 0.323 e. The molecule has 0 radical (unpaired) electrons. The van der Waals surface area contributed by atoms with Gasteiger partial charge in [0.25, 0.3) is 5.91 Å². The Balaban J connectivity index is 2.13. The molecule has 1 heterocycles. The van der Waals surface area contributed by atoms with E-state index in [4.69, 9.17) is 4.74 Å². The number of aliphatic carboxylic acids is 1. The molecule has 0 saturated carbocycles. The van der Waals surface area contributed by atoms with Crippen LogP contribution in [0.5, 0.6) is 5.75 Å². The van der Waals surface area contributed by atoms with Crippen LogP contribution in [0.25, 0.3) is 0 Å². The van der Waals surface area contributed by atoms with Crippen molar-refractivity contribution in [1.29, 1.82) is 0 Å². The lowest BCUT2D eigenvalue weighted by Crippen LogP contribution is -2.44. The van der Waals surface area contributed by atoms with Gasteiger partial charge >= 0.3 is 5.97 Å². The zero-order valence-corrected chi connectivity index (χ0v) is 13.6. The number of rotatable bonds is 4. The van der Waals surface area contributed by atoms with Crippen LogP contribution >= 0.6 is 0 Å². The fraction of sp³-hybridized carbons (Fsp3) is 0.263. The van der Waals surface area contributed by atoms with Gasteiger partial charge in [0.1, 0.15) is 12.3 Å². The van der Waals surface area contributed by atoms with Gasteiger partial charge in [-0.25, -0.2) is 0 Å². The Hall–Kier alpha value is -2.82. The Morgan fingerprint density at radius 2 is 1.88 bits per heavy atom. The number of benzene rings is 2. The van der Waals surface area contributed by atoms with Gasteiger partial charge in [-0.05, 0) is 17.5 Å². The number of carboxylic acids is 1. The molecule has 0 bridgehead atoms. The Bertz CT molecular complexity index is 770. The molecule has 3 rings (SSSR count). The van der Waals surface area contributed by atoms with Crippen molar-refractivity contribution in [1.82, 2.24) is 0 Å². The number of fused-ring (bicyclic) bond motifs is 1. The monoisotopic (exact) mass is 325 g/mol. The van der Waals surface area contributed by atoms with Gasteiger partial charge in [-0.3, -0.25) is 14.5 Å². The number of amides is 1. The van der Waals surface area contributed by atoms with E-state index in [0.717, 1.165) is 5.56 Å². The average Bonchev–Trinajstić information content (AvgIpc) is 2.57. The molecule has 0 fully saturated rings. The van der Waals surface area contributed by atoms with Crippen LogP contribution in [0.1, 0.15) is 37.0 Å². The van der Waals surface area contributed by atoms with Crippen LogP contribution in [0.3, 0.4) is 0 Å². The van der Waals surface area contributed by atoms with Crippen LogP contribution in [0.15, 0.2) is 48.5 Å². The van der Waals surface area contributed by atoms with E-state index in [-0.39, 0.29) is 18.4 Å². The lowest BCUT2D eigenvalue weighted by Gasteiger charge is -2.35. The summed E-state index contributed by atoms with van der Waals surface area (Å²) >= 11 is 0. The molecule has 0 spiro atoms. The van der Waals surface area contributed by atoms with Crippen LogP contribution in [-0.4, -0.2) is 23.5 Å². The molecular formula is C19H19NO4. The van der Waals surface area contributed by atoms with E-state index in [1.54, 1.807) is 6.07 Å². The third-order valence-corrected chi connectivity index (χ3v) is 4.06. The molecule has 24 heavy (non-hydrogen) atoms. The van der Waals surface area contributed by atoms with E-state index in [1.807, 2.05) is 56.3 Å². The number of para-hydroxylation sites is 1. The number of ether oxygens (including phenoxy) is 1. The van der Waals surface area contributed by atoms with Gasteiger partial charge in [-0.2, -0.15) is 0 Å². The SMILES string of the molecule is CC(C)c1cccc2c1OC(c1ccccc1)C(=O)N2CC(=O)O. The van der Waals surface area contributed by atoms with Gasteiger partial charge in [0, 0.05) is 5.56 Å². The number of nitrogens with zero attached hydrogens (tertiary/aromatic N) is 1. The maximum atomic E-state index is 12.8. The van der Waals surface area contributed by atoms with Crippen molar-refractivity contribution in [2.24, 2.45) is 0 Å². The minimum atomic E-state index is -1.06. The van der Waals surface area contributed by atoms with Crippen LogP contribution < -0.4 is 9.64 Å². The van der Waals surface area contributed by atoms with Gasteiger partial charge < -0.3 is 9.84 Å². The van der Waals surface area contributed by atoms with Gasteiger partial charge in [0.15, 0.2) is 0 Å². The van der Waals surface area contributed by atoms with E-state index in [2.05, 4.69) is 0 Å². The smallest absolute Gasteiger partial charge is 0.323 e. The van der Waals surface area contributed by atoms with E-state index in [9.17, 15) is 14.7 Å². The second-order valence-electron chi connectivity index (χ2n) is 6.08. The highest BCUT2D eigenvalue weighted by Gasteiger charge is 2.37. The molecule has 1 N–H and O–H groups in total. The standard InChI is InChI=1S/C19H19NO4/c1-12(2)14-9-6-10-15-18(14)24-17(13-7-4-3-5-8-13)19(23)20(15)11-16(21)22/h3-10,12,17H,11H2,1-2H3,(H,21,22). The highest BCUT2D eigenvalue weighted by atomic mass is 16.5. The van der Waals surface area contributed by atoms with Crippen molar-refractivity contribution in [3.63, 3.8) is 0 Å². The van der Waals surface area contributed by atoms with Crippen LogP contribution in [0.4, 0.5) is 5.69 Å². The van der Waals surface area contributed by atoms with Crippen LogP contribution in [0.2, 0.25) is 0 Å². The van der Waals surface area contributed by atoms with Crippen molar-refractivity contribution in [2.45, 2.75) is 25.9 Å². The highest BCUT2D eigenvalue weighted by molar-refractivity contribution is 6.03. The van der Waals surface area contributed by atoms with Crippen molar-refractivity contribution >= 4 is 17.6 Å². The van der Waals surface area contributed by atoms with E-state index in [1.165, 1.54) is 4.90 Å². The average molecular weight is 325 g/mol. The first-order chi connectivity index (χ1) is 11.5. The lowest BCUT2D eigenvalue weighted by molar-refractivity contribution is -0.138. The van der Waals surface area contributed by atoms with Crippen molar-refractivity contribution in [2.75, 3.05) is 11.4 Å². The summed E-state index contributed by atoms with van der Waals surface area (Å²) in [6.45, 7) is 3.68. The Labute approximate surface area is 140 Å². The van der Waals surface area contributed by atoms with Crippen molar-refractivity contribution in [3.8, 4) is 5.75 Å². The minimum Gasteiger partial charge on any atom is -0.480 e. The van der Waals surface area contributed by atoms with E-state index in [0.29, 0.717) is 17.0 Å². The molecule has 124 valence electrons. The summed E-state index contributed by atoms with van der Waals surface area (Å²) in [5, 5.41) is 9.21. The summed E-state index contributed by atoms with van der Waals surface area (Å²) in [5.74, 6) is -0.645. The van der Waals surface area contributed by atoms with Gasteiger partial charge in [-0.1, -0.05) is 56.3 Å². The molecule has 5 heteroatoms. The van der Waals surface area contributed by atoms with Crippen LogP contribution in [-0.2, 0) is 9.59 Å². The first-order valence-electron chi connectivity index (χ1n) is 7.86. The molecule has 1 amide bonds. The number of anilines is 1. The molecule has 2 aromatic rings. The molecule has 5 nitrogen and oxygen atoms in total. The predicted octanol–water partition coefficient (Wildman–Crippen LogP) is 3.36. The fourth-order valence-corrected chi connectivity index (χ4v) is 2.90. The third kappa shape index (κ3) is 2.85. The van der Waals surface area contributed by atoms with Crippen molar-refractivity contribution in [3.05, 3.63) is 59.7 Å². The summed E-state index contributed by atoms with van der Waals surface area (Å²) in [4.78, 5) is 25.4. The zero-order chi connectivity index (χ0) is 17.3. The van der Waals surface area contributed by atoms with Crippen LogP contribution in [0, 0.1) is 0 Å². The maximum absolute atomic E-state index is 12.8. The molecule has 0 aromatic heterocycles. The largest absolute Gasteiger partial charge is 0.480 e. The first kappa shape index (κ1) is 16.1. The molecule has 0 saturated heterocycles. The molecular weight excluding hydrogens is 306 g/mol. The first-order valence-corrected chi connectivity index (χ1v) is 7.86. The molecule has 1 unspecified atom stereocenters. The Kier molecular flexibility index (Phi) is 4.25. The van der Waals surface area contributed by atoms with Crippen molar-refractivity contribution < 1.29 is 19.4 Å². The number of hydrogen-bond donors (Lipinski definition) is 1. The van der Waals surface area contributed by atoms with Gasteiger partial charge in [0.05, 0.1) is 5.69 Å². The molecule has 1 atom stereocenters. The summed E-state index contributed by atoms with van der Waals surface area (Å²) < 4.78 is 6.05. The van der Waals surface area contributed by atoms with Gasteiger partial charge in [-0.15, -0.1) is 0 Å². The molecule has 1 aliphatic heterocycles. The number of carbonyl (C=O) groups excluding carboxylic acids is 1. The van der Waals surface area contributed by atoms with Gasteiger partial charge in [0.2, 0.25) is 6.10 Å². The summed E-state index contributed by atoms with van der Waals surface area (Å²) in [6, 6.07) is 14.6. The quantitative estimate of drug-likeness (QED) is 0.936. The fourth-order valence-electron chi connectivity index (χ4n) is 2.90. The molecule has 1 aliphatic rings. The number of carbonyl (C=O) groups is 2. The minimum absolute atomic E-state index is 0.191. The summed E-state index contributed by atoms with van der Waals surface area (Å²) in [7, 11) is 0. The second-order valence-corrected chi connectivity index (χ2v) is 6.08. The summed E-state index contributed by atoms with van der Waals surface area (Å²) in [5.41, 5.74) is 2.18. The Morgan fingerprint density at radius 3 is 2.50 bits per heavy atom. The van der Waals surface area contributed by atoms with E-state index < -0.39 is 12.1 Å². The van der Waals surface area contributed by atoms with E-state index >= 15 is 0 Å². The lowest BCUT2D eigenvalue weighted by atomic mass is 9.98. The third-order valence-electron chi connectivity index (χ3n) is 4.06. The molecule has 0 aliphatic carbocycles.